The standard InChI is InChI=1S/C18H36/c1-4-5-6-7-8-9-10-11-12-17-13-15-18(2,3)16-14-17/h17H,4-16H2,1-3H3. The Morgan fingerprint density at radius 3 is 1.83 bits per heavy atom. The van der Waals surface area contributed by atoms with Gasteiger partial charge in [0.1, 0.15) is 0 Å². The van der Waals surface area contributed by atoms with E-state index >= 15 is 0 Å². The van der Waals surface area contributed by atoms with E-state index in [-0.39, 0.29) is 0 Å². The fraction of sp³-hybridized carbons (Fsp3) is 1.00. The van der Waals surface area contributed by atoms with Crippen LogP contribution in [0.5, 0.6) is 0 Å². The third-order valence-electron chi connectivity index (χ3n) is 4.92. The monoisotopic (exact) mass is 252 g/mol. The SMILES string of the molecule is CCCCCCCCCCC1CCC(C)(C)CC1. The molecule has 1 aliphatic carbocycles. The summed E-state index contributed by atoms with van der Waals surface area (Å²) in [6.07, 6.45) is 19.2. The van der Waals surface area contributed by atoms with Crippen molar-refractivity contribution in [2.24, 2.45) is 11.3 Å². The highest BCUT2D eigenvalue weighted by Gasteiger charge is 2.26. The maximum atomic E-state index is 2.44. The minimum atomic E-state index is 0.649. The Kier molecular flexibility index (Phi) is 8.02. The van der Waals surface area contributed by atoms with E-state index < -0.39 is 0 Å². The van der Waals surface area contributed by atoms with E-state index in [1.54, 1.807) is 0 Å². The normalized spacial score (nSPS) is 20.2. The van der Waals surface area contributed by atoms with Gasteiger partial charge in [0.2, 0.25) is 0 Å². The highest BCUT2D eigenvalue weighted by atomic mass is 14.3. The van der Waals surface area contributed by atoms with Gasteiger partial charge in [0.15, 0.2) is 0 Å². The molecule has 0 aromatic carbocycles. The molecule has 0 saturated heterocycles. The van der Waals surface area contributed by atoms with E-state index in [9.17, 15) is 0 Å². The summed E-state index contributed by atoms with van der Waals surface area (Å²) >= 11 is 0. The molecule has 1 rings (SSSR count). The molecule has 0 spiro atoms. The molecule has 0 N–H and O–H groups in total. The van der Waals surface area contributed by atoms with Crippen LogP contribution < -0.4 is 0 Å². The summed E-state index contributed by atoms with van der Waals surface area (Å²) in [5.74, 6) is 1.07. The van der Waals surface area contributed by atoms with Crippen LogP contribution in [0, 0.1) is 11.3 Å². The molecular formula is C18H36. The first-order valence-electron chi connectivity index (χ1n) is 8.64. The fourth-order valence-corrected chi connectivity index (χ4v) is 3.31. The van der Waals surface area contributed by atoms with Crippen molar-refractivity contribution in [1.29, 1.82) is 0 Å². The lowest BCUT2D eigenvalue weighted by atomic mass is 9.72. The number of hydrogen-bond acceptors (Lipinski definition) is 0. The molecule has 0 aliphatic heterocycles. The maximum absolute atomic E-state index is 2.44. The third-order valence-corrected chi connectivity index (χ3v) is 4.92. The minimum absolute atomic E-state index is 0.649. The van der Waals surface area contributed by atoms with Crippen LogP contribution in [-0.2, 0) is 0 Å². The molecular weight excluding hydrogens is 216 g/mol. The van der Waals surface area contributed by atoms with Crippen LogP contribution in [0.15, 0.2) is 0 Å². The zero-order chi connectivity index (χ0) is 13.3. The Balaban J connectivity index is 1.87. The van der Waals surface area contributed by atoms with Gasteiger partial charge in [-0.3, -0.25) is 0 Å². The molecule has 0 bridgehead atoms. The summed E-state index contributed by atoms with van der Waals surface area (Å²) in [5, 5.41) is 0. The predicted molar refractivity (Wildman–Crippen MR) is 83.0 cm³/mol. The molecule has 0 unspecified atom stereocenters. The predicted octanol–water partition coefficient (Wildman–Crippen LogP) is 6.73. The van der Waals surface area contributed by atoms with E-state index in [1.165, 1.54) is 83.5 Å². The van der Waals surface area contributed by atoms with Crippen LogP contribution >= 0.6 is 0 Å². The lowest BCUT2D eigenvalue weighted by molar-refractivity contribution is 0.182. The van der Waals surface area contributed by atoms with Crippen molar-refractivity contribution in [2.45, 2.75) is 104 Å². The zero-order valence-corrected chi connectivity index (χ0v) is 13.3. The summed E-state index contributed by atoms with van der Waals surface area (Å²) in [4.78, 5) is 0. The Bertz CT molecular complexity index is 182. The summed E-state index contributed by atoms with van der Waals surface area (Å²) in [7, 11) is 0. The van der Waals surface area contributed by atoms with Crippen molar-refractivity contribution >= 4 is 0 Å². The Hall–Kier alpha value is 0. The van der Waals surface area contributed by atoms with E-state index in [1.807, 2.05) is 0 Å². The van der Waals surface area contributed by atoms with Crippen LogP contribution in [0.25, 0.3) is 0 Å². The van der Waals surface area contributed by atoms with Crippen LogP contribution in [0.3, 0.4) is 0 Å². The van der Waals surface area contributed by atoms with Crippen molar-refractivity contribution in [3.63, 3.8) is 0 Å². The third kappa shape index (κ3) is 7.44. The van der Waals surface area contributed by atoms with Crippen molar-refractivity contribution in [2.75, 3.05) is 0 Å². The molecule has 0 aromatic rings. The van der Waals surface area contributed by atoms with Gasteiger partial charge in [-0.25, -0.2) is 0 Å². The summed E-state index contributed by atoms with van der Waals surface area (Å²) in [5.41, 5.74) is 0.649. The van der Waals surface area contributed by atoms with Crippen molar-refractivity contribution < 1.29 is 0 Å². The zero-order valence-electron chi connectivity index (χ0n) is 13.3. The molecule has 0 heteroatoms. The molecule has 1 saturated carbocycles. The first-order chi connectivity index (χ1) is 8.64. The minimum Gasteiger partial charge on any atom is -0.0654 e. The Morgan fingerprint density at radius 2 is 1.28 bits per heavy atom. The van der Waals surface area contributed by atoms with E-state index in [0.29, 0.717) is 5.41 Å². The molecule has 0 amide bonds. The number of rotatable bonds is 9. The summed E-state index contributed by atoms with van der Waals surface area (Å²) in [6, 6.07) is 0. The fourth-order valence-electron chi connectivity index (χ4n) is 3.31. The first kappa shape index (κ1) is 16.1. The van der Waals surface area contributed by atoms with Gasteiger partial charge in [-0.1, -0.05) is 78.6 Å². The van der Waals surface area contributed by atoms with Gasteiger partial charge < -0.3 is 0 Å². The van der Waals surface area contributed by atoms with Gasteiger partial charge in [-0.15, -0.1) is 0 Å². The Labute approximate surface area is 116 Å². The van der Waals surface area contributed by atoms with Gasteiger partial charge in [0.05, 0.1) is 0 Å². The van der Waals surface area contributed by atoms with E-state index in [2.05, 4.69) is 20.8 Å². The topological polar surface area (TPSA) is 0 Å². The van der Waals surface area contributed by atoms with Gasteiger partial charge in [-0.05, 0) is 37.0 Å². The molecule has 1 fully saturated rings. The maximum Gasteiger partial charge on any atom is -0.0354 e. The summed E-state index contributed by atoms with van der Waals surface area (Å²) < 4.78 is 0. The van der Waals surface area contributed by atoms with Crippen LogP contribution in [0.2, 0.25) is 0 Å². The van der Waals surface area contributed by atoms with Crippen molar-refractivity contribution in [3.8, 4) is 0 Å². The molecule has 18 heavy (non-hydrogen) atoms. The lowest BCUT2D eigenvalue weighted by Crippen LogP contribution is -2.21. The van der Waals surface area contributed by atoms with Crippen LogP contribution in [-0.4, -0.2) is 0 Å². The number of hydrogen-bond donors (Lipinski definition) is 0. The second-order valence-corrected chi connectivity index (χ2v) is 7.37. The number of unbranched alkanes of at least 4 members (excludes halogenated alkanes) is 7. The second kappa shape index (κ2) is 8.99. The molecule has 0 heterocycles. The van der Waals surface area contributed by atoms with Gasteiger partial charge in [-0.2, -0.15) is 0 Å². The molecule has 0 nitrogen and oxygen atoms in total. The second-order valence-electron chi connectivity index (χ2n) is 7.37. The van der Waals surface area contributed by atoms with E-state index in [0.717, 1.165) is 5.92 Å². The van der Waals surface area contributed by atoms with E-state index in [4.69, 9.17) is 0 Å². The van der Waals surface area contributed by atoms with Crippen molar-refractivity contribution in [1.82, 2.24) is 0 Å². The average molecular weight is 252 g/mol. The van der Waals surface area contributed by atoms with Crippen molar-refractivity contribution in [3.05, 3.63) is 0 Å². The Morgan fingerprint density at radius 1 is 0.778 bits per heavy atom. The first-order valence-corrected chi connectivity index (χ1v) is 8.64. The van der Waals surface area contributed by atoms with Gasteiger partial charge >= 0.3 is 0 Å². The van der Waals surface area contributed by atoms with Crippen LogP contribution in [0.4, 0.5) is 0 Å². The highest BCUT2D eigenvalue weighted by Crippen LogP contribution is 2.39. The average Bonchev–Trinajstić information content (AvgIpc) is 2.34. The summed E-state index contributed by atoms with van der Waals surface area (Å²) in [6.45, 7) is 7.19. The molecule has 1 aliphatic rings. The van der Waals surface area contributed by atoms with Crippen LogP contribution in [0.1, 0.15) is 104 Å². The quantitative estimate of drug-likeness (QED) is 0.399. The highest BCUT2D eigenvalue weighted by molar-refractivity contribution is 4.78. The molecule has 108 valence electrons. The van der Waals surface area contributed by atoms with Gasteiger partial charge in [0.25, 0.3) is 0 Å². The molecule has 0 atom stereocenters. The largest absolute Gasteiger partial charge is 0.0654 e. The lowest BCUT2D eigenvalue weighted by Gasteiger charge is -2.34. The molecule has 0 aromatic heterocycles. The molecule has 0 radical (unpaired) electrons. The van der Waals surface area contributed by atoms with Gasteiger partial charge in [0, 0.05) is 0 Å². The smallest absolute Gasteiger partial charge is 0.0354 e.